The Hall–Kier alpha value is -0.640. The van der Waals surface area contributed by atoms with Crippen molar-refractivity contribution in [1.29, 1.82) is 0 Å². The van der Waals surface area contributed by atoms with Gasteiger partial charge in [-0.1, -0.05) is 28.1 Å². The second-order valence-corrected chi connectivity index (χ2v) is 5.73. The van der Waals surface area contributed by atoms with Gasteiger partial charge in [0.15, 0.2) is 0 Å². The average molecular weight is 295 g/mol. The fourth-order valence-corrected chi connectivity index (χ4v) is 3.07. The van der Waals surface area contributed by atoms with Gasteiger partial charge in [0.2, 0.25) is 0 Å². The molecule has 1 aliphatic heterocycles. The molecule has 2 aliphatic rings. The molecule has 3 rings (SSSR count). The van der Waals surface area contributed by atoms with Crippen LogP contribution in [0.15, 0.2) is 34.3 Å². The molecule has 3 heteroatoms. The lowest BCUT2D eigenvalue weighted by atomic mass is 9.80. The average Bonchev–Trinajstić information content (AvgIpc) is 2.77. The molecule has 0 bridgehead atoms. The Labute approximate surface area is 109 Å². The maximum absolute atomic E-state index is 9.94. The number of halogens is 1. The number of aliphatic hydroxyl groups is 1. The minimum atomic E-state index is -0.218. The minimum Gasteiger partial charge on any atom is -0.393 e. The van der Waals surface area contributed by atoms with E-state index in [1.807, 2.05) is 0 Å². The topological polar surface area (TPSA) is 29.5 Å². The molecule has 0 radical (unpaired) electrons. The highest BCUT2D eigenvalue weighted by Gasteiger charge is 2.32. The van der Waals surface area contributed by atoms with Crippen molar-refractivity contribution in [2.75, 3.05) is 13.2 Å². The van der Waals surface area contributed by atoms with Gasteiger partial charge in [-0.3, -0.25) is 0 Å². The molecule has 1 aromatic carbocycles. The van der Waals surface area contributed by atoms with Crippen molar-refractivity contribution in [3.05, 3.63) is 39.9 Å². The maximum Gasteiger partial charge on any atom is 0.0686 e. The number of aliphatic hydroxyl groups excluding tert-OH is 1. The van der Waals surface area contributed by atoms with Crippen LogP contribution in [0.4, 0.5) is 0 Å². The van der Waals surface area contributed by atoms with Gasteiger partial charge in [-0.15, -0.1) is 0 Å². The SMILES string of the molecule is OC1CC(c2ccc(Br)cc2)=C2COCC2C1. The van der Waals surface area contributed by atoms with Crippen molar-refractivity contribution in [3.8, 4) is 0 Å². The smallest absolute Gasteiger partial charge is 0.0686 e. The third kappa shape index (κ3) is 2.19. The molecule has 0 aromatic heterocycles. The van der Waals surface area contributed by atoms with E-state index in [-0.39, 0.29) is 6.10 Å². The molecule has 0 saturated carbocycles. The second-order valence-electron chi connectivity index (χ2n) is 4.82. The van der Waals surface area contributed by atoms with Crippen LogP contribution in [0, 0.1) is 5.92 Å². The first-order valence-electron chi connectivity index (χ1n) is 5.97. The summed E-state index contributed by atoms with van der Waals surface area (Å²) in [4.78, 5) is 0. The predicted molar refractivity (Wildman–Crippen MR) is 70.6 cm³/mol. The summed E-state index contributed by atoms with van der Waals surface area (Å²) in [5.74, 6) is 0.428. The van der Waals surface area contributed by atoms with E-state index in [2.05, 4.69) is 40.2 Å². The number of hydrogen-bond donors (Lipinski definition) is 1. The van der Waals surface area contributed by atoms with E-state index in [0.717, 1.165) is 30.5 Å². The molecule has 1 saturated heterocycles. The van der Waals surface area contributed by atoms with E-state index in [1.54, 1.807) is 0 Å². The van der Waals surface area contributed by atoms with E-state index in [9.17, 15) is 5.11 Å². The first-order chi connectivity index (χ1) is 8.24. The van der Waals surface area contributed by atoms with Crippen LogP contribution in [0.3, 0.4) is 0 Å². The van der Waals surface area contributed by atoms with Crippen LogP contribution in [0.25, 0.3) is 5.57 Å². The molecule has 0 spiro atoms. The second kappa shape index (κ2) is 4.56. The monoisotopic (exact) mass is 294 g/mol. The van der Waals surface area contributed by atoms with Crippen molar-refractivity contribution < 1.29 is 9.84 Å². The summed E-state index contributed by atoms with van der Waals surface area (Å²) in [6.45, 7) is 1.51. The van der Waals surface area contributed by atoms with E-state index < -0.39 is 0 Å². The molecule has 0 amide bonds. The third-order valence-electron chi connectivity index (χ3n) is 3.65. The quantitative estimate of drug-likeness (QED) is 0.863. The first kappa shape index (κ1) is 11.5. The standard InChI is InChI=1S/C14H15BrO2/c15-11-3-1-9(2-4-11)13-6-12(16)5-10-7-17-8-14(10)13/h1-4,10,12,16H,5-8H2. The Kier molecular flexibility index (Phi) is 3.07. The van der Waals surface area contributed by atoms with E-state index in [0.29, 0.717) is 5.92 Å². The number of hydrogen-bond acceptors (Lipinski definition) is 2. The Bertz CT molecular complexity index is 450. The van der Waals surface area contributed by atoms with E-state index >= 15 is 0 Å². The zero-order valence-electron chi connectivity index (χ0n) is 9.53. The minimum absolute atomic E-state index is 0.218. The molecule has 2 atom stereocenters. The van der Waals surface area contributed by atoms with Crippen LogP contribution in [0.2, 0.25) is 0 Å². The predicted octanol–water partition coefficient (Wildman–Crippen LogP) is 3.00. The van der Waals surface area contributed by atoms with Gasteiger partial charge in [0.1, 0.15) is 0 Å². The van der Waals surface area contributed by atoms with Gasteiger partial charge in [0.25, 0.3) is 0 Å². The highest BCUT2D eigenvalue weighted by atomic mass is 79.9. The number of rotatable bonds is 1. The summed E-state index contributed by atoms with van der Waals surface area (Å²) >= 11 is 3.45. The van der Waals surface area contributed by atoms with Crippen molar-refractivity contribution in [1.82, 2.24) is 0 Å². The molecule has 1 fully saturated rings. The lowest BCUT2D eigenvalue weighted by Gasteiger charge is -2.26. The maximum atomic E-state index is 9.94. The molecule has 2 nitrogen and oxygen atoms in total. The van der Waals surface area contributed by atoms with Gasteiger partial charge >= 0.3 is 0 Å². The third-order valence-corrected chi connectivity index (χ3v) is 4.17. The zero-order valence-corrected chi connectivity index (χ0v) is 11.1. The molecule has 2 unspecified atom stereocenters. The van der Waals surface area contributed by atoms with Crippen molar-refractivity contribution >= 4 is 21.5 Å². The van der Waals surface area contributed by atoms with Crippen molar-refractivity contribution in [3.63, 3.8) is 0 Å². The molecule has 1 aromatic rings. The highest BCUT2D eigenvalue weighted by molar-refractivity contribution is 9.10. The van der Waals surface area contributed by atoms with Gasteiger partial charge in [-0.2, -0.15) is 0 Å². The fraction of sp³-hybridized carbons (Fsp3) is 0.429. The molecular weight excluding hydrogens is 280 g/mol. The summed E-state index contributed by atoms with van der Waals surface area (Å²) < 4.78 is 6.62. The lowest BCUT2D eigenvalue weighted by molar-refractivity contribution is 0.131. The lowest BCUT2D eigenvalue weighted by Crippen LogP contribution is -2.21. The molecule has 1 heterocycles. The van der Waals surface area contributed by atoms with Crippen LogP contribution in [-0.4, -0.2) is 24.4 Å². The Morgan fingerprint density at radius 1 is 1.24 bits per heavy atom. The van der Waals surface area contributed by atoms with Crippen LogP contribution >= 0.6 is 15.9 Å². The Morgan fingerprint density at radius 2 is 2.00 bits per heavy atom. The molecule has 17 heavy (non-hydrogen) atoms. The van der Waals surface area contributed by atoms with Crippen molar-refractivity contribution in [2.45, 2.75) is 18.9 Å². The Morgan fingerprint density at radius 3 is 2.76 bits per heavy atom. The summed E-state index contributed by atoms with van der Waals surface area (Å²) in [5, 5.41) is 9.94. The number of benzene rings is 1. The molecule has 1 N–H and O–H groups in total. The van der Waals surface area contributed by atoms with Gasteiger partial charge in [-0.25, -0.2) is 0 Å². The van der Waals surface area contributed by atoms with Gasteiger partial charge in [0, 0.05) is 10.4 Å². The van der Waals surface area contributed by atoms with Gasteiger partial charge in [0.05, 0.1) is 19.3 Å². The zero-order chi connectivity index (χ0) is 11.8. The molecular formula is C14H15BrO2. The van der Waals surface area contributed by atoms with Crippen LogP contribution in [0.5, 0.6) is 0 Å². The number of fused-ring (bicyclic) bond motifs is 1. The van der Waals surface area contributed by atoms with E-state index in [1.165, 1.54) is 16.7 Å². The molecule has 1 aliphatic carbocycles. The van der Waals surface area contributed by atoms with Crippen LogP contribution < -0.4 is 0 Å². The molecule has 90 valence electrons. The van der Waals surface area contributed by atoms with E-state index in [4.69, 9.17) is 4.74 Å². The summed E-state index contributed by atoms with van der Waals surface area (Å²) in [6.07, 6.45) is 1.40. The van der Waals surface area contributed by atoms with Crippen molar-refractivity contribution in [2.24, 2.45) is 5.92 Å². The summed E-state index contributed by atoms with van der Waals surface area (Å²) in [7, 11) is 0. The summed E-state index contributed by atoms with van der Waals surface area (Å²) in [6, 6.07) is 8.32. The first-order valence-corrected chi connectivity index (χ1v) is 6.77. The highest BCUT2D eigenvalue weighted by Crippen LogP contribution is 2.39. The normalized spacial score (nSPS) is 28.4. The fourth-order valence-electron chi connectivity index (χ4n) is 2.81. The number of ether oxygens (including phenoxy) is 1. The van der Waals surface area contributed by atoms with Gasteiger partial charge < -0.3 is 9.84 Å². The Balaban J connectivity index is 2.02. The summed E-state index contributed by atoms with van der Waals surface area (Å²) in [5.41, 5.74) is 3.91. The van der Waals surface area contributed by atoms with Crippen LogP contribution in [-0.2, 0) is 4.74 Å². The van der Waals surface area contributed by atoms with Crippen LogP contribution in [0.1, 0.15) is 18.4 Å². The van der Waals surface area contributed by atoms with Gasteiger partial charge in [-0.05, 0) is 41.7 Å². The largest absolute Gasteiger partial charge is 0.393 e.